The first-order valence-corrected chi connectivity index (χ1v) is 10.7. The molecule has 0 unspecified atom stereocenters. The molecule has 2 N–H and O–H groups in total. The number of benzene rings is 1. The number of thiophene rings is 1. The Labute approximate surface area is 174 Å². The summed E-state index contributed by atoms with van der Waals surface area (Å²) >= 11 is 1.82. The molecule has 0 spiro atoms. The van der Waals surface area contributed by atoms with Gasteiger partial charge in [-0.2, -0.15) is 0 Å². The molecule has 0 fully saturated rings. The van der Waals surface area contributed by atoms with Crippen LogP contribution >= 0.6 is 11.3 Å². The minimum atomic E-state index is -0.297. The first-order valence-electron chi connectivity index (χ1n) is 9.79. The van der Waals surface area contributed by atoms with Gasteiger partial charge in [-0.15, -0.1) is 11.3 Å². The Morgan fingerprint density at radius 1 is 1.31 bits per heavy atom. The topological polar surface area (TPSA) is 77.0 Å². The van der Waals surface area contributed by atoms with Crippen LogP contribution in [0.5, 0.6) is 0 Å². The fourth-order valence-corrected chi connectivity index (χ4v) is 4.44. The molecule has 0 radical (unpaired) electrons. The van der Waals surface area contributed by atoms with Crippen LogP contribution < -0.4 is 15.8 Å². The molecule has 1 atom stereocenters. The normalized spacial score (nSPS) is 17.9. The zero-order valence-electron chi connectivity index (χ0n) is 16.6. The smallest absolute Gasteiger partial charge is 0.288 e. The summed E-state index contributed by atoms with van der Waals surface area (Å²) in [5.74, 6) is -0.329. The number of nitrogens with one attached hydrogen (secondary N) is 2. The van der Waals surface area contributed by atoms with Crippen LogP contribution in [0.2, 0.25) is 0 Å². The summed E-state index contributed by atoms with van der Waals surface area (Å²) in [5, 5.41) is 6.48. The second-order valence-electron chi connectivity index (χ2n) is 7.49. The molecule has 2 amide bonds. The van der Waals surface area contributed by atoms with Crippen molar-refractivity contribution in [3.63, 3.8) is 0 Å². The minimum Gasteiger partial charge on any atom is -0.348 e. The summed E-state index contributed by atoms with van der Waals surface area (Å²) < 4.78 is 0. The van der Waals surface area contributed by atoms with Crippen molar-refractivity contribution >= 4 is 34.7 Å². The van der Waals surface area contributed by atoms with Crippen LogP contribution in [0.4, 0.5) is 5.69 Å². The monoisotopic (exact) mass is 411 g/mol. The Kier molecular flexibility index (Phi) is 5.64. The highest BCUT2D eigenvalue weighted by Crippen LogP contribution is 2.25. The molecule has 0 aliphatic carbocycles. The van der Waals surface area contributed by atoms with Gasteiger partial charge in [-0.1, -0.05) is 17.7 Å². The lowest BCUT2D eigenvalue weighted by molar-refractivity contribution is -0.118. The molecule has 1 aromatic heterocycles. The summed E-state index contributed by atoms with van der Waals surface area (Å²) in [6.45, 7) is 6.50. The number of anilines is 1. The molecule has 2 aromatic rings. The summed E-state index contributed by atoms with van der Waals surface area (Å²) in [7, 11) is 0. The highest BCUT2D eigenvalue weighted by molar-refractivity contribution is 7.10. The SMILES string of the molecule is Cc1ccc(N2NC(C(=O)NC[C@H](C)N3CCc4sccc4C3)=NCC2=O)cc1. The maximum absolute atomic E-state index is 12.6. The van der Waals surface area contributed by atoms with Gasteiger partial charge in [0.25, 0.3) is 11.8 Å². The first kappa shape index (κ1) is 19.6. The van der Waals surface area contributed by atoms with E-state index in [-0.39, 0.29) is 30.2 Å². The summed E-state index contributed by atoms with van der Waals surface area (Å²) in [5.41, 5.74) is 6.05. The molecule has 0 saturated heterocycles. The summed E-state index contributed by atoms with van der Waals surface area (Å²) in [6, 6.07) is 9.95. The van der Waals surface area contributed by atoms with Gasteiger partial charge in [0.1, 0.15) is 6.54 Å². The Balaban J connectivity index is 1.33. The van der Waals surface area contributed by atoms with E-state index >= 15 is 0 Å². The zero-order valence-corrected chi connectivity index (χ0v) is 17.5. The third-order valence-electron chi connectivity index (χ3n) is 5.37. The number of carbonyl (C=O) groups excluding carboxylic acids is 2. The number of aryl methyl sites for hydroxylation is 1. The van der Waals surface area contributed by atoms with Crippen LogP contribution in [0.1, 0.15) is 22.9 Å². The maximum Gasteiger partial charge on any atom is 0.288 e. The lowest BCUT2D eigenvalue weighted by atomic mass is 10.1. The predicted octanol–water partition coefficient (Wildman–Crippen LogP) is 1.87. The molecule has 0 bridgehead atoms. The average Bonchev–Trinajstić information content (AvgIpc) is 3.20. The number of carbonyl (C=O) groups is 2. The van der Waals surface area contributed by atoms with Gasteiger partial charge in [0.2, 0.25) is 5.84 Å². The number of fused-ring (bicyclic) bond motifs is 1. The average molecular weight is 412 g/mol. The number of amides is 2. The number of rotatable bonds is 5. The predicted molar refractivity (Wildman–Crippen MR) is 115 cm³/mol. The van der Waals surface area contributed by atoms with E-state index in [1.165, 1.54) is 15.4 Å². The Morgan fingerprint density at radius 3 is 2.90 bits per heavy atom. The zero-order chi connectivity index (χ0) is 20.4. The van der Waals surface area contributed by atoms with Crippen molar-refractivity contribution in [2.24, 2.45) is 4.99 Å². The molecule has 4 rings (SSSR count). The fraction of sp³-hybridized carbons (Fsp3) is 0.381. The van der Waals surface area contributed by atoms with E-state index in [4.69, 9.17) is 0 Å². The van der Waals surface area contributed by atoms with E-state index in [0.717, 1.165) is 25.1 Å². The molecular formula is C21H25N5O2S. The van der Waals surface area contributed by atoms with Gasteiger partial charge in [-0.05, 0) is 49.4 Å². The van der Waals surface area contributed by atoms with Crippen molar-refractivity contribution < 1.29 is 9.59 Å². The van der Waals surface area contributed by atoms with E-state index in [0.29, 0.717) is 12.2 Å². The highest BCUT2D eigenvalue weighted by Gasteiger charge is 2.27. The summed E-state index contributed by atoms with van der Waals surface area (Å²) in [4.78, 5) is 32.8. The van der Waals surface area contributed by atoms with Gasteiger partial charge in [0.05, 0.1) is 5.69 Å². The molecule has 2 aliphatic rings. The molecule has 152 valence electrons. The Morgan fingerprint density at radius 2 is 2.10 bits per heavy atom. The van der Waals surface area contributed by atoms with E-state index in [1.807, 2.05) is 42.5 Å². The first-order chi connectivity index (χ1) is 14.0. The van der Waals surface area contributed by atoms with E-state index in [9.17, 15) is 9.59 Å². The molecule has 1 aromatic carbocycles. The molecule has 7 nitrogen and oxygen atoms in total. The Bertz CT molecular complexity index is 937. The van der Waals surface area contributed by atoms with Crippen molar-refractivity contribution in [1.82, 2.24) is 15.6 Å². The van der Waals surface area contributed by atoms with Gasteiger partial charge in [0, 0.05) is 30.6 Å². The summed E-state index contributed by atoms with van der Waals surface area (Å²) in [6.07, 6.45) is 1.06. The lowest BCUT2D eigenvalue weighted by Gasteiger charge is -2.33. The Hall–Kier alpha value is -2.71. The second kappa shape index (κ2) is 8.34. The van der Waals surface area contributed by atoms with Gasteiger partial charge < -0.3 is 5.32 Å². The number of hydrazine groups is 1. The van der Waals surface area contributed by atoms with Crippen molar-refractivity contribution in [2.75, 3.05) is 24.6 Å². The van der Waals surface area contributed by atoms with E-state index in [1.54, 1.807) is 0 Å². The molecule has 2 aliphatic heterocycles. The fourth-order valence-electron chi connectivity index (χ4n) is 3.55. The quantitative estimate of drug-likeness (QED) is 0.788. The number of nitrogens with zero attached hydrogens (tertiary/aromatic N) is 3. The third-order valence-corrected chi connectivity index (χ3v) is 6.39. The molecule has 0 saturated carbocycles. The largest absolute Gasteiger partial charge is 0.348 e. The standard InChI is InChI=1S/C21H25N5O2S/c1-14-3-5-17(6-4-14)26-19(27)12-22-20(24-26)21(28)23-11-15(2)25-9-7-18-16(13-25)8-10-29-18/h3-6,8,10,15H,7,9,11-13H2,1-2H3,(H,22,24)(H,23,28)/t15-/m0/s1. The van der Waals surface area contributed by atoms with Crippen LogP contribution in [0.25, 0.3) is 0 Å². The number of hydrogen-bond donors (Lipinski definition) is 2. The van der Waals surface area contributed by atoms with E-state index in [2.05, 4.69) is 39.0 Å². The highest BCUT2D eigenvalue weighted by atomic mass is 32.1. The number of hydrogen-bond acceptors (Lipinski definition) is 6. The van der Waals surface area contributed by atoms with Crippen LogP contribution in [0.3, 0.4) is 0 Å². The van der Waals surface area contributed by atoms with Crippen molar-refractivity contribution in [1.29, 1.82) is 0 Å². The van der Waals surface area contributed by atoms with Crippen molar-refractivity contribution in [2.45, 2.75) is 32.9 Å². The van der Waals surface area contributed by atoms with E-state index < -0.39 is 0 Å². The van der Waals surface area contributed by atoms with Crippen molar-refractivity contribution in [3.05, 3.63) is 51.7 Å². The van der Waals surface area contributed by atoms with Gasteiger partial charge in [0.15, 0.2) is 0 Å². The van der Waals surface area contributed by atoms with Crippen LogP contribution in [0.15, 0.2) is 40.7 Å². The van der Waals surface area contributed by atoms with Crippen molar-refractivity contribution in [3.8, 4) is 0 Å². The van der Waals surface area contributed by atoms with Crippen LogP contribution in [-0.2, 0) is 22.6 Å². The molecule has 3 heterocycles. The number of amidine groups is 1. The lowest BCUT2D eigenvalue weighted by Crippen LogP contribution is -2.56. The third kappa shape index (κ3) is 4.33. The maximum atomic E-state index is 12.6. The number of aliphatic imine (C=N–C) groups is 1. The minimum absolute atomic E-state index is 0.0494. The molecule has 29 heavy (non-hydrogen) atoms. The van der Waals surface area contributed by atoms with Crippen LogP contribution in [0, 0.1) is 6.92 Å². The molecule has 8 heteroatoms. The second-order valence-corrected chi connectivity index (χ2v) is 8.49. The van der Waals surface area contributed by atoms with Gasteiger partial charge in [-0.3, -0.25) is 24.9 Å². The van der Waals surface area contributed by atoms with Gasteiger partial charge in [-0.25, -0.2) is 5.01 Å². The van der Waals surface area contributed by atoms with Crippen LogP contribution in [-0.4, -0.2) is 48.2 Å². The molecular weight excluding hydrogens is 386 g/mol. The van der Waals surface area contributed by atoms with Gasteiger partial charge >= 0.3 is 0 Å².